The number of hydrogen-bond donors (Lipinski definition) is 2. The molecule has 2 aromatic rings. The Morgan fingerprint density at radius 1 is 1.42 bits per heavy atom. The summed E-state index contributed by atoms with van der Waals surface area (Å²) in [5.41, 5.74) is 5.51. The first-order valence-corrected chi connectivity index (χ1v) is 8.86. The Bertz CT molecular complexity index is 749. The normalized spacial score (nSPS) is 16.4. The zero-order chi connectivity index (χ0) is 17.1. The first kappa shape index (κ1) is 16.9. The molecule has 3 rings (SSSR count). The lowest BCUT2D eigenvalue weighted by Crippen LogP contribution is -2.38. The lowest BCUT2D eigenvalue weighted by Gasteiger charge is -2.31. The molecule has 0 spiro atoms. The molecule has 2 heterocycles. The van der Waals surface area contributed by atoms with E-state index in [2.05, 4.69) is 36.2 Å². The molecule has 0 radical (unpaired) electrons. The third kappa shape index (κ3) is 3.75. The summed E-state index contributed by atoms with van der Waals surface area (Å²) in [6, 6.07) is 4.39. The summed E-state index contributed by atoms with van der Waals surface area (Å²) >= 11 is 4.59. The van der Waals surface area contributed by atoms with Crippen molar-refractivity contribution in [1.29, 1.82) is 0 Å². The molecule has 0 amide bonds. The first-order chi connectivity index (χ1) is 11.6. The number of nitrogens with two attached hydrogens (primary N) is 1. The maximum Gasteiger partial charge on any atom is 0.208 e. The van der Waals surface area contributed by atoms with Gasteiger partial charge in [0.05, 0.1) is 4.47 Å². The predicted molar refractivity (Wildman–Crippen MR) is 92.4 cm³/mol. The molecule has 1 aliphatic heterocycles. The van der Waals surface area contributed by atoms with Gasteiger partial charge in [0.15, 0.2) is 5.01 Å². The van der Waals surface area contributed by atoms with Crippen molar-refractivity contribution < 1.29 is 14.3 Å². The molecule has 128 valence electrons. The third-order valence-electron chi connectivity index (χ3n) is 3.64. The average molecular weight is 416 g/mol. The Morgan fingerprint density at radius 3 is 2.83 bits per heavy atom. The van der Waals surface area contributed by atoms with E-state index in [0.717, 1.165) is 31.1 Å². The molecular formula is C14H15BrFN5O2S. The molecular weight excluding hydrogens is 401 g/mol. The van der Waals surface area contributed by atoms with Crippen LogP contribution in [0.1, 0.15) is 17.8 Å². The lowest BCUT2D eigenvalue weighted by molar-refractivity contribution is 0.169. The van der Waals surface area contributed by atoms with Gasteiger partial charge in [0.25, 0.3) is 0 Å². The maximum absolute atomic E-state index is 13.1. The first-order valence-electron chi connectivity index (χ1n) is 7.25. The number of piperidine rings is 1. The molecule has 1 aromatic carbocycles. The van der Waals surface area contributed by atoms with Crippen molar-refractivity contribution in [3.05, 3.63) is 33.5 Å². The molecule has 3 N–H and O–H groups in total. The van der Waals surface area contributed by atoms with Crippen LogP contribution < -0.4 is 15.4 Å². The Labute approximate surface area is 150 Å². The number of aromatic nitrogens is 2. The highest BCUT2D eigenvalue weighted by atomic mass is 79.9. The van der Waals surface area contributed by atoms with Crippen LogP contribution in [0.2, 0.25) is 0 Å². The van der Waals surface area contributed by atoms with Gasteiger partial charge in [-0.25, -0.2) is 4.39 Å². The van der Waals surface area contributed by atoms with E-state index in [1.807, 2.05) is 0 Å². The summed E-state index contributed by atoms with van der Waals surface area (Å²) in [7, 11) is 0. The second-order valence-electron chi connectivity index (χ2n) is 5.25. The van der Waals surface area contributed by atoms with Crippen molar-refractivity contribution in [2.75, 3.05) is 18.0 Å². The quantitative estimate of drug-likeness (QED) is 0.344. The molecule has 1 fully saturated rings. The fourth-order valence-corrected chi connectivity index (χ4v) is 3.64. The average Bonchev–Trinajstić information content (AvgIpc) is 3.07. The van der Waals surface area contributed by atoms with Crippen LogP contribution in [0.3, 0.4) is 0 Å². The minimum atomic E-state index is -0.304. The van der Waals surface area contributed by atoms with Crippen molar-refractivity contribution in [3.8, 4) is 5.75 Å². The number of nitrogens with zero attached hydrogens (tertiary/aromatic N) is 4. The Balaban J connectivity index is 1.58. The van der Waals surface area contributed by atoms with Gasteiger partial charge >= 0.3 is 0 Å². The summed E-state index contributed by atoms with van der Waals surface area (Å²) in [4.78, 5) is 2.09. The van der Waals surface area contributed by atoms with Crippen LogP contribution in [0.25, 0.3) is 0 Å². The second-order valence-corrected chi connectivity index (χ2v) is 7.06. The number of ether oxygens (including phenoxy) is 1. The van der Waals surface area contributed by atoms with Gasteiger partial charge in [-0.3, -0.25) is 0 Å². The minimum Gasteiger partial charge on any atom is -0.489 e. The molecule has 1 saturated heterocycles. The standard InChI is InChI=1S/C14H15BrFN5O2S/c15-10-7-8(16)1-2-11(10)23-9-3-5-21(6-4-9)14-19-18-13(24-14)12(17)20-22/h1-2,7,9,22H,3-6H2,(H2,17,20). The third-order valence-corrected chi connectivity index (χ3v) is 5.27. The Hall–Kier alpha value is -1.94. The van der Waals surface area contributed by atoms with Crippen molar-refractivity contribution in [2.45, 2.75) is 18.9 Å². The van der Waals surface area contributed by atoms with Gasteiger partial charge in [0, 0.05) is 25.9 Å². The molecule has 7 nitrogen and oxygen atoms in total. The van der Waals surface area contributed by atoms with Crippen LogP contribution >= 0.6 is 27.3 Å². The van der Waals surface area contributed by atoms with Gasteiger partial charge < -0.3 is 20.6 Å². The van der Waals surface area contributed by atoms with Crippen molar-refractivity contribution in [3.63, 3.8) is 0 Å². The van der Waals surface area contributed by atoms with Gasteiger partial charge in [-0.05, 0) is 34.1 Å². The van der Waals surface area contributed by atoms with Crippen LogP contribution in [-0.2, 0) is 0 Å². The molecule has 24 heavy (non-hydrogen) atoms. The summed E-state index contributed by atoms with van der Waals surface area (Å²) in [6.07, 6.45) is 1.67. The largest absolute Gasteiger partial charge is 0.489 e. The van der Waals surface area contributed by atoms with E-state index in [-0.39, 0.29) is 17.8 Å². The van der Waals surface area contributed by atoms with Gasteiger partial charge in [-0.2, -0.15) is 0 Å². The highest BCUT2D eigenvalue weighted by Gasteiger charge is 2.24. The summed E-state index contributed by atoms with van der Waals surface area (Å²) in [5, 5.41) is 20.7. The smallest absolute Gasteiger partial charge is 0.208 e. The van der Waals surface area contributed by atoms with Crippen molar-refractivity contribution in [1.82, 2.24) is 10.2 Å². The molecule has 0 unspecified atom stereocenters. The van der Waals surface area contributed by atoms with E-state index in [9.17, 15) is 4.39 Å². The zero-order valence-corrected chi connectivity index (χ0v) is 14.9. The number of anilines is 1. The summed E-state index contributed by atoms with van der Waals surface area (Å²) in [6.45, 7) is 1.52. The number of benzene rings is 1. The van der Waals surface area contributed by atoms with Gasteiger partial charge in [-0.1, -0.05) is 16.5 Å². The lowest BCUT2D eigenvalue weighted by atomic mass is 10.1. The van der Waals surface area contributed by atoms with E-state index in [1.165, 1.54) is 23.5 Å². The van der Waals surface area contributed by atoms with E-state index in [0.29, 0.717) is 15.2 Å². The molecule has 0 aliphatic carbocycles. The van der Waals surface area contributed by atoms with Crippen molar-refractivity contribution in [2.24, 2.45) is 10.9 Å². The number of amidine groups is 1. The molecule has 0 atom stereocenters. The fraction of sp³-hybridized carbons (Fsp3) is 0.357. The zero-order valence-electron chi connectivity index (χ0n) is 12.5. The Morgan fingerprint density at radius 2 is 2.17 bits per heavy atom. The van der Waals surface area contributed by atoms with E-state index in [1.54, 1.807) is 6.07 Å². The van der Waals surface area contributed by atoms with E-state index < -0.39 is 0 Å². The van der Waals surface area contributed by atoms with Gasteiger partial charge in [-0.15, -0.1) is 10.2 Å². The monoisotopic (exact) mass is 415 g/mol. The van der Waals surface area contributed by atoms with Crippen LogP contribution in [0, 0.1) is 5.82 Å². The summed E-state index contributed by atoms with van der Waals surface area (Å²) < 4.78 is 19.7. The number of oxime groups is 1. The van der Waals surface area contributed by atoms with E-state index in [4.69, 9.17) is 15.7 Å². The van der Waals surface area contributed by atoms with Crippen molar-refractivity contribution >= 4 is 38.2 Å². The molecule has 0 saturated carbocycles. The van der Waals surface area contributed by atoms with Crippen LogP contribution in [0.15, 0.2) is 27.8 Å². The maximum atomic E-state index is 13.1. The fourth-order valence-electron chi connectivity index (χ4n) is 2.40. The minimum absolute atomic E-state index is 0.0434. The molecule has 1 aliphatic rings. The SMILES string of the molecule is N/C(=N\O)c1nnc(N2CCC(Oc3ccc(F)cc3Br)CC2)s1. The van der Waals surface area contributed by atoms with E-state index >= 15 is 0 Å². The molecule has 0 bridgehead atoms. The highest BCUT2D eigenvalue weighted by molar-refractivity contribution is 9.10. The topological polar surface area (TPSA) is 96.9 Å². The number of hydrogen-bond acceptors (Lipinski definition) is 7. The molecule has 10 heteroatoms. The van der Waals surface area contributed by atoms with Gasteiger partial charge in [0.1, 0.15) is 17.7 Å². The molecule has 1 aromatic heterocycles. The van der Waals surface area contributed by atoms with Crippen LogP contribution in [0.5, 0.6) is 5.75 Å². The summed E-state index contributed by atoms with van der Waals surface area (Å²) in [5.74, 6) is 0.292. The Kier molecular flexibility index (Phi) is 5.14. The number of halogens is 2. The van der Waals surface area contributed by atoms with Crippen LogP contribution in [0.4, 0.5) is 9.52 Å². The van der Waals surface area contributed by atoms with Gasteiger partial charge in [0.2, 0.25) is 11.0 Å². The van der Waals surface area contributed by atoms with Crippen LogP contribution in [-0.4, -0.2) is 40.4 Å². The number of rotatable bonds is 4. The second kappa shape index (κ2) is 7.31. The predicted octanol–water partition coefficient (Wildman–Crippen LogP) is 2.58. The highest BCUT2D eigenvalue weighted by Crippen LogP contribution is 2.30.